The van der Waals surface area contributed by atoms with Crippen molar-refractivity contribution in [3.05, 3.63) is 29.8 Å². The summed E-state index contributed by atoms with van der Waals surface area (Å²) in [6.45, 7) is 1.32. The zero-order chi connectivity index (χ0) is 15.8. The van der Waals surface area contributed by atoms with Crippen LogP contribution in [0.25, 0.3) is 0 Å². The first-order valence-electron chi connectivity index (χ1n) is 7.47. The molecule has 0 spiro atoms. The molecule has 0 saturated carbocycles. The molecule has 1 aliphatic heterocycles. The van der Waals surface area contributed by atoms with Crippen molar-refractivity contribution in [2.45, 2.75) is 30.6 Å². The van der Waals surface area contributed by atoms with Gasteiger partial charge in [0.25, 0.3) is 0 Å². The number of carbonyl (C=O) groups is 2. The molecule has 0 bridgehead atoms. The molecule has 0 atom stereocenters. The average Bonchev–Trinajstić information content (AvgIpc) is 2.84. The lowest BCUT2D eigenvalue weighted by Gasteiger charge is -2.18. The topological polar surface area (TPSA) is 61.8 Å². The van der Waals surface area contributed by atoms with Gasteiger partial charge < -0.3 is 4.90 Å². The second-order valence-electron chi connectivity index (χ2n) is 5.18. The molecule has 0 unspecified atom stereocenters. The number of nitrogens with one attached hydrogen (secondary N) is 1. The Labute approximate surface area is 135 Å². The lowest BCUT2D eigenvalue weighted by molar-refractivity contribution is -0.145. The van der Waals surface area contributed by atoms with Crippen molar-refractivity contribution in [1.82, 2.24) is 10.3 Å². The monoisotopic (exact) mass is 319 g/mol. The predicted molar refractivity (Wildman–Crippen MR) is 89.0 cm³/mol. The Morgan fingerprint density at radius 3 is 2.36 bits per heavy atom. The van der Waals surface area contributed by atoms with Crippen LogP contribution >= 0.6 is 11.8 Å². The number of rotatable bonds is 3. The summed E-state index contributed by atoms with van der Waals surface area (Å²) in [6, 6.07) is 7.79. The lowest BCUT2D eigenvalue weighted by atomic mass is 10.2. The van der Waals surface area contributed by atoms with E-state index < -0.39 is 11.8 Å². The minimum Gasteiger partial charge on any atom is -0.334 e. The molecule has 1 aromatic rings. The summed E-state index contributed by atoms with van der Waals surface area (Å²) in [6.07, 6.45) is 7.72. The molecule has 118 valence electrons. The fourth-order valence-corrected chi connectivity index (χ4v) is 2.73. The van der Waals surface area contributed by atoms with Crippen LogP contribution in [-0.2, 0) is 9.59 Å². The van der Waals surface area contributed by atoms with Crippen LogP contribution in [0.3, 0.4) is 0 Å². The van der Waals surface area contributed by atoms with E-state index >= 15 is 0 Å². The van der Waals surface area contributed by atoms with Crippen molar-refractivity contribution in [2.75, 3.05) is 19.3 Å². The largest absolute Gasteiger partial charge is 0.334 e. The first-order chi connectivity index (χ1) is 10.7. The number of nitrogens with zero attached hydrogens (tertiary/aromatic N) is 2. The molecule has 1 fully saturated rings. The molecule has 0 aliphatic carbocycles. The van der Waals surface area contributed by atoms with Gasteiger partial charge in [0.2, 0.25) is 0 Å². The predicted octanol–water partition coefficient (Wildman–Crippen LogP) is 2.26. The highest BCUT2D eigenvalue weighted by Gasteiger charge is 2.21. The van der Waals surface area contributed by atoms with Crippen LogP contribution in [0.2, 0.25) is 0 Å². The fourth-order valence-electron chi connectivity index (χ4n) is 2.32. The second kappa shape index (κ2) is 8.58. The van der Waals surface area contributed by atoms with Gasteiger partial charge in [0.05, 0.1) is 6.21 Å². The van der Waals surface area contributed by atoms with Gasteiger partial charge in [0.1, 0.15) is 0 Å². The summed E-state index contributed by atoms with van der Waals surface area (Å²) in [5.74, 6) is -1.16. The van der Waals surface area contributed by atoms with Gasteiger partial charge in [-0.1, -0.05) is 25.0 Å². The van der Waals surface area contributed by atoms with Crippen LogP contribution in [-0.4, -0.2) is 42.3 Å². The molecule has 1 aliphatic rings. The van der Waals surface area contributed by atoms with E-state index in [-0.39, 0.29) is 0 Å². The Hall–Kier alpha value is -1.82. The summed E-state index contributed by atoms with van der Waals surface area (Å²) < 4.78 is 0. The van der Waals surface area contributed by atoms with E-state index in [9.17, 15) is 9.59 Å². The number of hydrogen-bond donors (Lipinski definition) is 1. The van der Waals surface area contributed by atoms with Gasteiger partial charge in [-0.15, -0.1) is 11.8 Å². The molecule has 1 saturated heterocycles. The summed E-state index contributed by atoms with van der Waals surface area (Å²) in [5, 5.41) is 3.86. The van der Waals surface area contributed by atoms with E-state index in [0.29, 0.717) is 13.1 Å². The zero-order valence-corrected chi connectivity index (χ0v) is 13.6. The van der Waals surface area contributed by atoms with Gasteiger partial charge >= 0.3 is 11.8 Å². The van der Waals surface area contributed by atoms with Crippen LogP contribution < -0.4 is 5.43 Å². The number of benzene rings is 1. The van der Waals surface area contributed by atoms with E-state index in [1.165, 1.54) is 6.21 Å². The number of hydrogen-bond acceptors (Lipinski definition) is 4. The molecule has 1 aromatic carbocycles. The average molecular weight is 319 g/mol. The van der Waals surface area contributed by atoms with E-state index in [1.807, 2.05) is 30.5 Å². The minimum atomic E-state index is -0.668. The number of likely N-dealkylation sites (tertiary alicyclic amines) is 1. The Bertz CT molecular complexity index is 535. The Balaban J connectivity index is 1.85. The summed E-state index contributed by atoms with van der Waals surface area (Å²) >= 11 is 1.66. The quantitative estimate of drug-likeness (QED) is 0.402. The maximum atomic E-state index is 12.0. The van der Waals surface area contributed by atoms with E-state index in [0.717, 1.165) is 36.1 Å². The first-order valence-corrected chi connectivity index (χ1v) is 8.69. The molecule has 2 rings (SSSR count). The molecule has 0 aromatic heterocycles. The van der Waals surface area contributed by atoms with Crippen LogP contribution in [0.15, 0.2) is 34.3 Å². The van der Waals surface area contributed by atoms with Crippen molar-refractivity contribution in [1.29, 1.82) is 0 Å². The molecule has 22 heavy (non-hydrogen) atoms. The van der Waals surface area contributed by atoms with E-state index in [1.54, 1.807) is 16.7 Å². The normalized spacial score (nSPS) is 15.6. The molecule has 5 nitrogen and oxygen atoms in total. The van der Waals surface area contributed by atoms with Gasteiger partial charge in [-0.05, 0) is 36.8 Å². The third kappa shape index (κ3) is 4.87. The van der Waals surface area contributed by atoms with Crippen LogP contribution in [0.1, 0.15) is 31.2 Å². The molecule has 0 radical (unpaired) electrons. The van der Waals surface area contributed by atoms with Crippen molar-refractivity contribution in [2.24, 2.45) is 5.10 Å². The highest BCUT2D eigenvalue weighted by molar-refractivity contribution is 7.98. The molecule has 2 amide bonds. The van der Waals surface area contributed by atoms with Gasteiger partial charge in [-0.25, -0.2) is 5.43 Å². The first kappa shape index (κ1) is 16.5. The number of hydrazone groups is 1. The third-order valence-electron chi connectivity index (χ3n) is 3.58. The summed E-state index contributed by atoms with van der Waals surface area (Å²) in [7, 11) is 0. The maximum absolute atomic E-state index is 12.0. The zero-order valence-electron chi connectivity index (χ0n) is 12.7. The SMILES string of the molecule is CSc1ccc(/C=N\NC(=O)C(=O)N2CCCCCC2)cc1. The van der Waals surface area contributed by atoms with Crippen molar-refractivity contribution in [3.63, 3.8) is 0 Å². The molecular formula is C16H21N3O2S. The van der Waals surface area contributed by atoms with Gasteiger partial charge in [-0.3, -0.25) is 9.59 Å². The van der Waals surface area contributed by atoms with Crippen molar-refractivity contribution < 1.29 is 9.59 Å². The highest BCUT2D eigenvalue weighted by atomic mass is 32.2. The van der Waals surface area contributed by atoms with Crippen LogP contribution in [0.5, 0.6) is 0 Å². The fraction of sp³-hybridized carbons (Fsp3) is 0.438. The van der Waals surface area contributed by atoms with Crippen LogP contribution in [0, 0.1) is 0 Å². The lowest BCUT2D eigenvalue weighted by Crippen LogP contribution is -2.41. The number of thioether (sulfide) groups is 1. The van der Waals surface area contributed by atoms with Crippen LogP contribution in [0.4, 0.5) is 0 Å². The van der Waals surface area contributed by atoms with Crippen molar-refractivity contribution in [3.8, 4) is 0 Å². The number of carbonyl (C=O) groups excluding carboxylic acids is 2. The molecule has 6 heteroatoms. The molecule has 1 N–H and O–H groups in total. The standard InChI is InChI=1S/C16H21N3O2S/c1-22-14-8-6-13(7-9-14)12-17-18-15(20)16(21)19-10-4-2-3-5-11-19/h6-9,12H,2-5,10-11H2,1H3,(H,18,20)/b17-12-. The van der Waals surface area contributed by atoms with Gasteiger partial charge in [0.15, 0.2) is 0 Å². The third-order valence-corrected chi connectivity index (χ3v) is 4.33. The van der Waals surface area contributed by atoms with Gasteiger partial charge in [-0.2, -0.15) is 5.10 Å². The maximum Gasteiger partial charge on any atom is 0.329 e. The smallest absolute Gasteiger partial charge is 0.329 e. The Morgan fingerprint density at radius 2 is 1.77 bits per heavy atom. The summed E-state index contributed by atoms with van der Waals surface area (Å²) in [5.41, 5.74) is 3.19. The van der Waals surface area contributed by atoms with E-state index in [2.05, 4.69) is 10.5 Å². The molecular weight excluding hydrogens is 298 g/mol. The van der Waals surface area contributed by atoms with Crippen molar-refractivity contribution >= 4 is 29.8 Å². The van der Waals surface area contributed by atoms with Gasteiger partial charge in [0, 0.05) is 18.0 Å². The minimum absolute atomic E-state index is 0.489. The summed E-state index contributed by atoms with van der Waals surface area (Å²) in [4.78, 5) is 26.6. The number of amides is 2. The molecule has 1 heterocycles. The van der Waals surface area contributed by atoms with E-state index in [4.69, 9.17) is 0 Å². The Morgan fingerprint density at radius 1 is 1.14 bits per heavy atom. The Kier molecular flexibility index (Phi) is 6.45. The highest BCUT2D eigenvalue weighted by Crippen LogP contribution is 2.14. The second-order valence-corrected chi connectivity index (χ2v) is 6.06.